The molecule has 4 heteroatoms. The zero-order chi connectivity index (χ0) is 9.84. The van der Waals surface area contributed by atoms with Crippen LogP contribution >= 0.6 is 0 Å². The van der Waals surface area contributed by atoms with Crippen molar-refractivity contribution >= 4 is 6.09 Å². The van der Waals surface area contributed by atoms with Crippen LogP contribution in [-0.4, -0.2) is 37.2 Å². The number of carbonyl (C=O) groups is 1. The lowest BCUT2D eigenvalue weighted by Gasteiger charge is -2.43. The van der Waals surface area contributed by atoms with E-state index < -0.39 is 0 Å². The van der Waals surface area contributed by atoms with E-state index in [1.165, 1.54) is 7.11 Å². The molecule has 2 unspecified atom stereocenters. The molecular weight excluding hydrogens is 168 g/mol. The van der Waals surface area contributed by atoms with E-state index in [1.54, 1.807) is 4.90 Å². The van der Waals surface area contributed by atoms with Gasteiger partial charge in [-0.15, -0.1) is 0 Å². The van der Waals surface area contributed by atoms with Crippen LogP contribution in [0.3, 0.4) is 0 Å². The molecule has 1 amide bonds. The third-order valence-electron chi connectivity index (χ3n) is 2.85. The van der Waals surface area contributed by atoms with Gasteiger partial charge in [0.05, 0.1) is 7.11 Å². The predicted octanol–water partition coefficient (Wildman–Crippen LogP) is 0.812. The lowest BCUT2D eigenvalue weighted by molar-refractivity contribution is 0.0358. The summed E-state index contributed by atoms with van der Waals surface area (Å²) in [5.41, 5.74) is 5.62. The summed E-state index contributed by atoms with van der Waals surface area (Å²) in [4.78, 5) is 13.0. The SMILES string of the molecule is CCC(CN)C1CCN1C(=O)OC. The van der Waals surface area contributed by atoms with Gasteiger partial charge in [0.25, 0.3) is 0 Å². The summed E-state index contributed by atoms with van der Waals surface area (Å²) in [5.74, 6) is 0.424. The molecule has 1 heterocycles. The Morgan fingerprint density at radius 2 is 2.46 bits per heavy atom. The first-order valence-electron chi connectivity index (χ1n) is 4.79. The van der Waals surface area contributed by atoms with Crippen LogP contribution in [0, 0.1) is 5.92 Å². The molecule has 2 N–H and O–H groups in total. The van der Waals surface area contributed by atoms with Gasteiger partial charge in [0, 0.05) is 12.6 Å². The highest BCUT2D eigenvalue weighted by molar-refractivity contribution is 5.68. The van der Waals surface area contributed by atoms with Gasteiger partial charge in [0.1, 0.15) is 0 Å². The van der Waals surface area contributed by atoms with Crippen LogP contribution in [-0.2, 0) is 4.74 Å². The molecular formula is C9H18N2O2. The van der Waals surface area contributed by atoms with Gasteiger partial charge in [-0.2, -0.15) is 0 Å². The maximum atomic E-state index is 11.2. The number of hydrogen-bond acceptors (Lipinski definition) is 3. The van der Waals surface area contributed by atoms with Crippen molar-refractivity contribution in [1.29, 1.82) is 0 Å². The second-order valence-electron chi connectivity index (χ2n) is 3.42. The van der Waals surface area contributed by atoms with Crippen LogP contribution in [0.15, 0.2) is 0 Å². The highest BCUT2D eigenvalue weighted by Crippen LogP contribution is 2.26. The largest absolute Gasteiger partial charge is 0.453 e. The minimum Gasteiger partial charge on any atom is -0.453 e. The molecule has 2 atom stereocenters. The molecule has 0 saturated carbocycles. The number of likely N-dealkylation sites (tertiary alicyclic amines) is 1. The van der Waals surface area contributed by atoms with Gasteiger partial charge in [-0.3, -0.25) is 0 Å². The van der Waals surface area contributed by atoms with Crippen LogP contribution in [0.4, 0.5) is 4.79 Å². The number of rotatable bonds is 3. The Labute approximate surface area is 79.0 Å². The van der Waals surface area contributed by atoms with Crippen molar-refractivity contribution in [3.8, 4) is 0 Å². The molecule has 76 valence electrons. The maximum absolute atomic E-state index is 11.2. The molecule has 0 aromatic carbocycles. The Morgan fingerprint density at radius 1 is 1.77 bits per heavy atom. The number of nitrogens with two attached hydrogens (primary N) is 1. The Balaban J connectivity index is 2.47. The second kappa shape index (κ2) is 4.46. The predicted molar refractivity (Wildman–Crippen MR) is 50.4 cm³/mol. The van der Waals surface area contributed by atoms with Gasteiger partial charge in [0.15, 0.2) is 0 Å². The summed E-state index contributed by atoms with van der Waals surface area (Å²) in [7, 11) is 1.42. The van der Waals surface area contributed by atoms with E-state index >= 15 is 0 Å². The average Bonchev–Trinajstić information content (AvgIpc) is 2.11. The summed E-state index contributed by atoms with van der Waals surface area (Å²) >= 11 is 0. The molecule has 0 spiro atoms. The van der Waals surface area contributed by atoms with Crippen LogP contribution in [0.1, 0.15) is 19.8 Å². The minimum absolute atomic E-state index is 0.219. The standard InChI is InChI=1S/C9H18N2O2/c1-3-7(6-10)8-4-5-11(8)9(12)13-2/h7-8H,3-6,10H2,1-2H3. The number of carbonyl (C=O) groups excluding carboxylic acids is 1. The molecule has 1 aliphatic heterocycles. The molecule has 1 aliphatic rings. The van der Waals surface area contributed by atoms with Gasteiger partial charge in [-0.25, -0.2) is 4.79 Å². The smallest absolute Gasteiger partial charge is 0.409 e. The topological polar surface area (TPSA) is 55.6 Å². The van der Waals surface area contributed by atoms with Crippen LogP contribution in [0.2, 0.25) is 0 Å². The molecule has 13 heavy (non-hydrogen) atoms. The zero-order valence-electron chi connectivity index (χ0n) is 8.32. The van der Waals surface area contributed by atoms with Crippen LogP contribution in [0.25, 0.3) is 0 Å². The van der Waals surface area contributed by atoms with E-state index in [-0.39, 0.29) is 6.09 Å². The summed E-state index contributed by atoms with van der Waals surface area (Å²) in [6.45, 7) is 3.56. The first-order valence-corrected chi connectivity index (χ1v) is 4.79. The van der Waals surface area contributed by atoms with Crippen molar-refractivity contribution in [1.82, 2.24) is 4.90 Å². The van der Waals surface area contributed by atoms with Gasteiger partial charge in [-0.1, -0.05) is 13.3 Å². The molecule has 0 bridgehead atoms. The van der Waals surface area contributed by atoms with E-state index in [4.69, 9.17) is 5.73 Å². The van der Waals surface area contributed by atoms with Crippen molar-refractivity contribution in [2.75, 3.05) is 20.2 Å². The molecule has 1 rings (SSSR count). The van der Waals surface area contributed by atoms with E-state index in [9.17, 15) is 4.79 Å². The Kier molecular flexibility index (Phi) is 3.54. The number of amides is 1. The number of hydrogen-bond donors (Lipinski definition) is 1. The first-order chi connectivity index (χ1) is 6.24. The van der Waals surface area contributed by atoms with Crippen molar-refractivity contribution in [2.24, 2.45) is 11.7 Å². The molecule has 4 nitrogen and oxygen atoms in total. The van der Waals surface area contributed by atoms with Crippen molar-refractivity contribution in [3.05, 3.63) is 0 Å². The first kappa shape index (κ1) is 10.3. The fourth-order valence-electron chi connectivity index (χ4n) is 1.84. The Hall–Kier alpha value is -0.770. The lowest BCUT2D eigenvalue weighted by atomic mass is 9.88. The Bertz CT molecular complexity index is 180. The Morgan fingerprint density at radius 3 is 2.77 bits per heavy atom. The van der Waals surface area contributed by atoms with Crippen molar-refractivity contribution < 1.29 is 9.53 Å². The van der Waals surface area contributed by atoms with E-state index in [0.717, 1.165) is 19.4 Å². The van der Waals surface area contributed by atoms with Gasteiger partial charge < -0.3 is 15.4 Å². The third-order valence-corrected chi connectivity index (χ3v) is 2.85. The third kappa shape index (κ3) is 1.94. The molecule has 1 saturated heterocycles. The van der Waals surface area contributed by atoms with E-state index in [1.807, 2.05) is 0 Å². The lowest BCUT2D eigenvalue weighted by Crippen LogP contribution is -2.55. The van der Waals surface area contributed by atoms with Crippen LogP contribution in [0.5, 0.6) is 0 Å². The molecule has 1 fully saturated rings. The highest BCUT2D eigenvalue weighted by Gasteiger charge is 2.36. The van der Waals surface area contributed by atoms with Gasteiger partial charge >= 0.3 is 6.09 Å². The molecule has 0 radical (unpaired) electrons. The quantitative estimate of drug-likeness (QED) is 0.709. The van der Waals surface area contributed by atoms with Crippen molar-refractivity contribution in [3.63, 3.8) is 0 Å². The summed E-state index contributed by atoms with van der Waals surface area (Å²) in [5, 5.41) is 0. The molecule has 0 aromatic heterocycles. The minimum atomic E-state index is -0.219. The summed E-state index contributed by atoms with van der Waals surface area (Å²) < 4.78 is 4.67. The number of ether oxygens (including phenoxy) is 1. The molecule has 0 aromatic rings. The summed E-state index contributed by atoms with van der Waals surface area (Å²) in [6.07, 6.45) is 1.86. The average molecular weight is 186 g/mol. The van der Waals surface area contributed by atoms with Gasteiger partial charge in [0.2, 0.25) is 0 Å². The summed E-state index contributed by atoms with van der Waals surface area (Å²) in [6, 6.07) is 0.308. The number of methoxy groups -OCH3 is 1. The molecule has 0 aliphatic carbocycles. The maximum Gasteiger partial charge on any atom is 0.409 e. The highest BCUT2D eigenvalue weighted by atomic mass is 16.5. The van der Waals surface area contributed by atoms with E-state index in [2.05, 4.69) is 11.7 Å². The van der Waals surface area contributed by atoms with Crippen molar-refractivity contribution in [2.45, 2.75) is 25.8 Å². The fourth-order valence-corrected chi connectivity index (χ4v) is 1.84. The normalized spacial score (nSPS) is 23.6. The van der Waals surface area contributed by atoms with E-state index in [0.29, 0.717) is 18.5 Å². The number of nitrogens with zero attached hydrogens (tertiary/aromatic N) is 1. The van der Waals surface area contributed by atoms with Gasteiger partial charge in [-0.05, 0) is 18.9 Å². The second-order valence-corrected chi connectivity index (χ2v) is 3.42. The zero-order valence-corrected chi connectivity index (χ0v) is 8.32. The van der Waals surface area contributed by atoms with Crippen LogP contribution < -0.4 is 5.73 Å². The fraction of sp³-hybridized carbons (Fsp3) is 0.889. The monoisotopic (exact) mass is 186 g/mol.